The Morgan fingerprint density at radius 3 is 1.75 bits per heavy atom. The number of hydrogen-bond acceptors (Lipinski definition) is 5. The molecule has 0 bridgehead atoms. The summed E-state index contributed by atoms with van der Waals surface area (Å²) in [5.74, 6) is 0.148. The number of fused-ring (bicyclic) bond motifs is 1. The molecule has 0 atom stereocenters. The second-order valence-electron chi connectivity index (χ2n) is 10.3. The standard InChI is InChI=1S/C27H29NO.C6H6F2N2O/c1-4-12-23(13-5-1)27(24-14-6-2-7-15-24,25-16-8-3-9-17-25)29-22-26-18-10-20-28(26)21-11-19-26;1-11-5-2-4(6(7)8)9-3-10-5/h1-9,12-17H,10-11,18-22H2;2-3,6H,1H3. The van der Waals surface area contributed by atoms with Gasteiger partial charge < -0.3 is 9.47 Å². The summed E-state index contributed by atoms with van der Waals surface area (Å²) in [5, 5.41) is 0. The van der Waals surface area contributed by atoms with Crippen LogP contribution in [0, 0.1) is 0 Å². The molecule has 2 aliphatic rings. The molecule has 0 amide bonds. The first-order chi connectivity index (χ1) is 19.6. The molecule has 6 rings (SSSR count). The van der Waals surface area contributed by atoms with Gasteiger partial charge in [0, 0.05) is 11.6 Å². The highest BCUT2D eigenvalue weighted by Gasteiger charge is 2.47. The largest absolute Gasteiger partial charge is 0.481 e. The summed E-state index contributed by atoms with van der Waals surface area (Å²) in [6.45, 7) is 3.21. The topological polar surface area (TPSA) is 47.5 Å². The van der Waals surface area contributed by atoms with E-state index in [-0.39, 0.29) is 17.1 Å². The van der Waals surface area contributed by atoms with Gasteiger partial charge in [-0.25, -0.2) is 18.7 Å². The maximum absolute atomic E-state index is 11.9. The van der Waals surface area contributed by atoms with Crippen LogP contribution in [0.2, 0.25) is 0 Å². The van der Waals surface area contributed by atoms with Gasteiger partial charge in [-0.2, -0.15) is 0 Å². The highest BCUT2D eigenvalue weighted by Crippen LogP contribution is 2.45. The lowest BCUT2D eigenvalue weighted by Crippen LogP contribution is -2.46. The molecule has 4 aromatic rings. The fourth-order valence-electron chi connectivity index (χ4n) is 6.06. The molecule has 2 saturated heterocycles. The second-order valence-corrected chi connectivity index (χ2v) is 10.3. The first-order valence-corrected chi connectivity index (χ1v) is 13.8. The summed E-state index contributed by atoms with van der Waals surface area (Å²) in [6, 6.07) is 33.3. The van der Waals surface area contributed by atoms with Crippen LogP contribution in [0.5, 0.6) is 5.88 Å². The number of aromatic nitrogens is 2. The van der Waals surface area contributed by atoms with Crippen LogP contribution >= 0.6 is 0 Å². The van der Waals surface area contributed by atoms with Gasteiger partial charge in [0.25, 0.3) is 6.43 Å². The molecule has 5 nitrogen and oxygen atoms in total. The molecule has 3 aromatic carbocycles. The van der Waals surface area contributed by atoms with E-state index in [9.17, 15) is 8.78 Å². The van der Waals surface area contributed by atoms with Gasteiger partial charge in [0.1, 0.15) is 17.6 Å². The van der Waals surface area contributed by atoms with E-state index in [4.69, 9.17) is 4.74 Å². The Hall–Kier alpha value is -3.68. The Bertz CT molecular complexity index is 1230. The zero-order valence-corrected chi connectivity index (χ0v) is 22.8. The van der Waals surface area contributed by atoms with Crippen LogP contribution in [0.25, 0.3) is 0 Å². The summed E-state index contributed by atoms with van der Waals surface area (Å²) in [5.41, 5.74) is 2.86. The first-order valence-electron chi connectivity index (χ1n) is 13.8. The Kier molecular flexibility index (Phi) is 8.82. The van der Waals surface area contributed by atoms with Gasteiger partial charge >= 0.3 is 0 Å². The third-order valence-corrected chi connectivity index (χ3v) is 8.01. The molecule has 0 unspecified atom stereocenters. The van der Waals surface area contributed by atoms with E-state index in [0.717, 1.165) is 19.0 Å². The summed E-state index contributed by atoms with van der Waals surface area (Å²) in [4.78, 5) is 9.60. The molecule has 0 N–H and O–H groups in total. The smallest absolute Gasteiger partial charge is 0.280 e. The maximum Gasteiger partial charge on any atom is 0.280 e. The van der Waals surface area contributed by atoms with Gasteiger partial charge in [-0.1, -0.05) is 91.0 Å². The molecule has 7 heteroatoms. The van der Waals surface area contributed by atoms with Crippen LogP contribution in [0.1, 0.15) is 54.5 Å². The quantitative estimate of drug-likeness (QED) is 0.223. The van der Waals surface area contributed by atoms with Gasteiger partial charge in [0.05, 0.1) is 13.7 Å². The lowest BCUT2D eigenvalue weighted by Gasteiger charge is -2.40. The Morgan fingerprint density at radius 1 is 0.800 bits per heavy atom. The molecule has 40 heavy (non-hydrogen) atoms. The minimum Gasteiger partial charge on any atom is -0.481 e. The third kappa shape index (κ3) is 5.76. The van der Waals surface area contributed by atoms with Crippen molar-refractivity contribution in [3.05, 3.63) is 126 Å². The number of methoxy groups -OCH3 is 1. The van der Waals surface area contributed by atoms with Crippen molar-refractivity contribution in [1.82, 2.24) is 14.9 Å². The minimum atomic E-state index is -2.58. The van der Waals surface area contributed by atoms with Gasteiger partial charge in [-0.15, -0.1) is 0 Å². The number of ether oxygens (including phenoxy) is 2. The van der Waals surface area contributed by atoms with Gasteiger partial charge in [0.15, 0.2) is 0 Å². The fourth-order valence-corrected chi connectivity index (χ4v) is 6.06. The molecule has 2 fully saturated rings. The van der Waals surface area contributed by atoms with Crippen molar-refractivity contribution in [2.45, 2.75) is 43.2 Å². The van der Waals surface area contributed by atoms with E-state index >= 15 is 0 Å². The lowest BCUT2D eigenvalue weighted by atomic mass is 9.79. The molecule has 0 spiro atoms. The number of hydrogen-bond donors (Lipinski definition) is 0. The lowest BCUT2D eigenvalue weighted by molar-refractivity contribution is -0.0416. The monoisotopic (exact) mass is 543 g/mol. The molecule has 2 aliphatic heterocycles. The predicted octanol–water partition coefficient (Wildman–Crippen LogP) is 7.05. The van der Waals surface area contributed by atoms with Crippen LogP contribution < -0.4 is 4.74 Å². The van der Waals surface area contributed by atoms with Crippen molar-refractivity contribution < 1.29 is 18.3 Å². The molecule has 0 radical (unpaired) electrons. The van der Waals surface area contributed by atoms with Crippen molar-refractivity contribution in [1.29, 1.82) is 0 Å². The maximum atomic E-state index is 11.9. The molecular formula is C33H35F2N3O2. The Balaban J connectivity index is 0.000000248. The van der Waals surface area contributed by atoms with Gasteiger partial charge in [-0.3, -0.25) is 4.90 Å². The number of alkyl halides is 2. The normalized spacial score (nSPS) is 16.3. The van der Waals surface area contributed by atoms with Crippen molar-refractivity contribution in [2.75, 3.05) is 26.8 Å². The summed E-state index contributed by atoms with van der Waals surface area (Å²) < 4.78 is 35.6. The van der Waals surface area contributed by atoms with E-state index < -0.39 is 12.0 Å². The van der Waals surface area contributed by atoms with E-state index in [1.165, 1.54) is 62.6 Å². The van der Waals surface area contributed by atoms with Crippen molar-refractivity contribution in [3.63, 3.8) is 0 Å². The zero-order valence-electron chi connectivity index (χ0n) is 22.8. The van der Waals surface area contributed by atoms with E-state index in [2.05, 4.69) is 111 Å². The molecule has 208 valence electrons. The predicted molar refractivity (Wildman–Crippen MR) is 151 cm³/mol. The average molecular weight is 544 g/mol. The van der Waals surface area contributed by atoms with E-state index in [1.807, 2.05) is 0 Å². The van der Waals surface area contributed by atoms with Crippen LogP contribution in [0.3, 0.4) is 0 Å². The van der Waals surface area contributed by atoms with Gasteiger partial charge in [-0.05, 0) is 55.5 Å². The Labute approximate surface area is 234 Å². The summed E-state index contributed by atoms with van der Waals surface area (Å²) in [7, 11) is 1.36. The highest BCUT2D eigenvalue weighted by molar-refractivity contribution is 5.47. The van der Waals surface area contributed by atoms with E-state index in [1.54, 1.807) is 0 Å². The number of nitrogens with zero attached hydrogens (tertiary/aromatic N) is 3. The molecule has 3 heterocycles. The Morgan fingerprint density at radius 2 is 1.30 bits per heavy atom. The van der Waals surface area contributed by atoms with Crippen molar-refractivity contribution in [2.24, 2.45) is 0 Å². The van der Waals surface area contributed by atoms with Gasteiger partial charge in [0.2, 0.25) is 5.88 Å². The second kappa shape index (κ2) is 12.7. The highest BCUT2D eigenvalue weighted by atomic mass is 19.3. The van der Waals surface area contributed by atoms with Crippen LogP contribution in [-0.4, -0.2) is 47.2 Å². The SMILES string of the molecule is COc1cc(C(F)F)ncn1.c1ccc(C(OCC23CCCN2CCC3)(c2ccccc2)c2ccccc2)cc1. The summed E-state index contributed by atoms with van der Waals surface area (Å²) in [6.07, 6.45) is 3.55. The van der Waals surface area contributed by atoms with Crippen LogP contribution in [0.4, 0.5) is 8.78 Å². The van der Waals surface area contributed by atoms with Crippen molar-refractivity contribution in [3.8, 4) is 5.88 Å². The molecule has 1 aromatic heterocycles. The number of rotatable bonds is 8. The summed E-state index contributed by atoms with van der Waals surface area (Å²) >= 11 is 0. The minimum absolute atomic E-state index is 0.148. The van der Waals surface area contributed by atoms with E-state index in [0.29, 0.717) is 0 Å². The zero-order chi connectivity index (χ0) is 27.8. The third-order valence-electron chi connectivity index (χ3n) is 8.01. The number of halogens is 2. The molecular weight excluding hydrogens is 508 g/mol. The molecule has 0 aliphatic carbocycles. The fraction of sp³-hybridized carbons (Fsp3) is 0.333. The first kappa shape index (κ1) is 27.9. The molecule has 0 saturated carbocycles. The number of benzene rings is 3. The van der Waals surface area contributed by atoms with Crippen LogP contribution in [0.15, 0.2) is 103 Å². The van der Waals surface area contributed by atoms with Crippen molar-refractivity contribution >= 4 is 0 Å². The van der Waals surface area contributed by atoms with Crippen LogP contribution in [-0.2, 0) is 10.3 Å². The average Bonchev–Trinajstić information content (AvgIpc) is 3.60.